The lowest BCUT2D eigenvalue weighted by Crippen LogP contribution is -2.40. The quantitative estimate of drug-likeness (QED) is 0.707. The van der Waals surface area contributed by atoms with Crippen LogP contribution in [0.5, 0.6) is 0 Å². The normalized spacial score (nSPS) is 17.4. The average molecular weight is 366 g/mol. The zero-order valence-corrected chi connectivity index (χ0v) is 15.7. The van der Waals surface area contributed by atoms with Gasteiger partial charge < -0.3 is 9.47 Å². The van der Waals surface area contributed by atoms with Gasteiger partial charge in [0.05, 0.1) is 5.01 Å². The van der Waals surface area contributed by atoms with Gasteiger partial charge in [-0.1, -0.05) is 30.3 Å². The molecule has 0 N–H and O–H groups in total. The van der Waals surface area contributed by atoms with Crippen molar-refractivity contribution in [1.82, 2.24) is 19.4 Å². The molecule has 3 aromatic rings. The number of piperidine rings is 1. The van der Waals surface area contributed by atoms with Gasteiger partial charge in [-0.15, -0.1) is 11.3 Å². The summed E-state index contributed by atoms with van der Waals surface area (Å²) in [6.45, 7) is 4.25. The minimum atomic E-state index is 0.0419. The molecule has 1 aliphatic rings. The fourth-order valence-corrected chi connectivity index (χ4v) is 4.18. The third-order valence-electron chi connectivity index (χ3n) is 4.86. The molecule has 1 aromatic carbocycles. The van der Waals surface area contributed by atoms with Crippen molar-refractivity contribution in [3.05, 3.63) is 70.2 Å². The summed E-state index contributed by atoms with van der Waals surface area (Å²) in [7, 11) is 0. The van der Waals surface area contributed by atoms with E-state index in [1.807, 2.05) is 35.7 Å². The Hall–Kier alpha value is -2.47. The number of rotatable bonds is 4. The number of imidazole rings is 1. The van der Waals surface area contributed by atoms with E-state index >= 15 is 0 Å². The minimum absolute atomic E-state index is 0.0419. The summed E-state index contributed by atoms with van der Waals surface area (Å²) in [5, 5.41) is 2.79. The van der Waals surface area contributed by atoms with Crippen molar-refractivity contribution in [2.45, 2.75) is 32.2 Å². The van der Waals surface area contributed by atoms with Crippen molar-refractivity contribution in [3.63, 3.8) is 0 Å². The number of likely N-dealkylation sites (tertiary alicyclic amines) is 1. The number of aromatic nitrogens is 3. The molecule has 5 nitrogen and oxygen atoms in total. The number of hydrogen-bond donors (Lipinski definition) is 0. The highest BCUT2D eigenvalue weighted by atomic mass is 32.1. The summed E-state index contributed by atoms with van der Waals surface area (Å²) in [5.41, 5.74) is 1.83. The number of benzene rings is 1. The van der Waals surface area contributed by atoms with Crippen LogP contribution in [0.4, 0.5) is 0 Å². The van der Waals surface area contributed by atoms with Crippen LogP contribution in [0.2, 0.25) is 0 Å². The van der Waals surface area contributed by atoms with Gasteiger partial charge in [-0.3, -0.25) is 4.79 Å². The van der Waals surface area contributed by atoms with Gasteiger partial charge in [-0.05, 0) is 25.3 Å². The first-order chi connectivity index (χ1) is 12.7. The third kappa shape index (κ3) is 3.55. The van der Waals surface area contributed by atoms with Crippen LogP contribution in [0.25, 0.3) is 0 Å². The van der Waals surface area contributed by atoms with E-state index in [4.69, 9.17) is 0 Å². The van der Waals surface area contributed by atoms with Crippen molar-refractivity contribution in [2.24, 2.45) is 0 Å². The second kappa shape index (κ2) is 7.41. The van der Waals surface area contributed by atoms with Crippen LogP contribution >= 0.6 is 11.3 Å². The van der Waals surface area contributed by atoms with Gasteiger partial charge in [0.1, 0.15) is 11.5 Å². The fourth-order valence-electron chi connectivity index (χ4n) is 3.59. The lowest BCUT2D eigenvalue weighted by Gasteiger charge is -2.32. The average Bonchev–Trinajstić information content (AvgIpc) is 3.31. The van der Waals surface area contributed by atoms with Crippen molar-refractivity contribution in [2.75, 3.05) is 13.1 Å². The van der Waals surface area contributed by atoms with Gasteiger partial charge in [-0.2, -0.15) is 0 Å². The molecule has 0 aliphatic carbocycles. The molecule has 1 amide bonds. The van der Waals surface area contributed by atoms with Crippen molar-refractivity contribution >= 4 is 17.2 Å². The Morgan fingerprint density at radius 3 is 2.92 bits per heavy atom. The molecule has 26 heavy (non-hydrogen) atoms. The smallest absolute Gasteiger partial charge is 0.273 e. The highest BCUT2D eigenvalue weighted by Crippen LogP contribution is 2.27. The molecule has 0 saturated carbocycles. The predicted octanol–water partition coefficient (Wildman–Crippen LogP) is 3.72. The van der Waals surface area contributed by atoms with Gasteiger partial charge in [0.15, 0.2) is 0 Å². The molecule has 2 aromatic heterocycles. The number of carbonyl (C=O) groups is 1. The van der Waals surface area contributed by atoms with E-state index in [1.54, 1.807) is 0 Å². The van der Waals surface area contributed by atoms with Crippen LogP contribution < -0.4 is 0 Å². The van der Waals surface area contributed by atoms with Crippen molar-refractivity contribution < 1.29 is 4.79 Å². The van der Waals surface area contributed by atoms with Gasteiger partial charge in [0.25, 0.3) is 5.91 Å². The van der Waals surface area contributed by atoms with Crippen LogP contribution in [0, 0.1) is 6.92 Å². The number of carbonyl (C=O) groups excluding carboxylic acids is 1. The number of nitrogens with zero attached hydrogens (tertiary/aromatic N) is 4. The molecule has 1 unspecified atom stereocenters. The Balaban J connectivity index is 1.50. The van der Waals surface area contributed by atoms with Crippen LogP contribution in [-0.2, 0) is 6.54 Å². The molecular weight excluding hydrogens is 344 g/mol. The first-order valence-electron chi connectivity index (χ1n) is 8.97. The second-order valence-electron chi connectivity index (χ2n) is 6.74. The lowest BCUT2D eigenvalue weighted by atomic mass is 9.96. The summed E-state index contributed by atoms with van der Waals surface area (Å²) in [6.07, 6.45) is 5.96. The molecular formula is C20H22N4OS. The molecule has 134 valence electrons. The van der Waals surface area contributed by atoms with E-state index < -0.39 is 0 Å². The standard InChI is InChI=1S/C20H22N4OS/c1-15-22-18(14-26-15)20(25)24-10-5-8-17(13-24)19-21-9-11-23(19)12-16-6-3-2-4-7-16/h2-4,6-7,9,11,14,17H,5,8,10,12-13H2,1H3. The molecule has 6 heteroatoms. The first-order valence-corrected chi connectivity index (χ1v) is 9.85. The van der Waals surface area contributed by atoms with Crippen LogP contribution in [0.3, 0.4) is 0 Å². The van der Waals surface area contributed by atoms with E-state index in [-0.39, 0.29) is 11.8 Å². The zero-order chi connectivity index (χ0) is 17.9. The van der Waals surface area contributed by atoms with Crippen molar-refractivity contribution in [1.29, 1.82) is 0 Å². The van der Waals surface area contributed by atoms with Crippen LogP contribution in [-0.4, -0.2) is 38.4 Å². The summed E-state index contributed by atoms with van der Waals surface area (Å²) in [4.78, 5) is 23.7. The maximum absolute atomic E-state index is 12.7. The Morgan fingerprint density at radius 2 is 2.15 bits per heavy atom. The number of hydrogen-bond acceptors (Lipinski definition) is 4. The Labute approximate surface area is 157 Å². The maximum atomic E-state index is 12.7. The number of amides is 1. The summed E-state index contributed by atoms with van der Waals surface area (Å²) in [6, 6.07) is 10.4. The van der Waals surface area contributed by atoms with Crippen LogP contribution in [0.15, 0.2) is 48.1 Å². The Kier molecular flexibility index (Phi) is 4.84. The van der Waals surface area contributed by atoms with Gasteiger partial charge >= 0.3 is 0 Å². The molecule has 1 aliphatic heterocycles. The molecule has 1 atom stereocenters. The highest BCUT2D eigenvalue weighted by Gasteiger charge is 2.28. The molecule has 0 radical (unpaired) electrons. The molecule has 0 bridgehead atoms. The summed E-state index contributed by atoms with van der Waals surface area (Å²) in [5.74, 6) is 1.38. The second-order valence-corrected chi connectivity index (χ2v) is 7.80. The molecule has 4 rings (SSSR count). The van der Waals surface area contributed by atoms with Gasteiger partial charge in [-0.25, -0.2) is 9.97 Å². The molecule has 3 heterocycles. The fraction of sp³-hybridized carbons (Fsp3) is 0.350. The minimum Gasteiger partial charge on any atom is -0.337 e. The Bertz CT molecular complexity index is 886. The lowest BCUT2D eigenvalue weighted by molar-refractivity contribution is 0.0698. The number of aryl methyl sites for hydroxylation is 1. The monoisotopic (exact) mass is 366 g/mol. The highest BCUT2D eigenvalue weighted by molar-refractivity contribution is 7.09. The zero-order valence-electron chi connectivity index (χ0n) is 14.8. The van der Waals surface area contributed by atoms with Crippen LogP contribution in [0.1, 0.15) is 45.6 Å². The van der Waals surface area contributed by atoms with Crippen molar-refractivity contribution in [3.8, 4) is 0 Å². The maximum Gasteiger partial charge on any atom is 0.273 e. The number of thiazole rings is 1. The first kappa shape index (κ1) is 17.0. The summed E-state index contributed by atoms with van der Waals surface area (Å²) < 4.78 is 2.21. The van der Waals surface area contributed by atoms with E-state index in [1.165, 1.54) is 16.9 Å². The SMILES string of the molecule is Cc1nc(C(=O)N2CCCC(c3nccn3Cc3ccccc3)C2)cs1. The third-order valence-corrected chi connectivity index (χ3v) is 5.63. The van der Waals surface area contributed by atoms with Gasteiger partial charge in [0.2, 0.25) is 0 Å². The predicted molar refractivity (Wildman–Crippen MR) is 103 cm³/mol. The van der Waals surface area contributed by atoms with E-state index in [9.17, 15) is 4.79 Å². The van der Waals surface area contributed by atoms with E-state index in [2.05, 4.69) is 38.8 Å². The Morgan fingerprint density at radius 1 is 1.31 bits per heavy atom. The summed E-state index contributed by atoms with van der Waals surface area (Å²) >= 11 is 1.52. The molecule has 1 saturated heterocycles. The molecule has 0 spiro atoms. The van der Waals surface area contributed by atoms with E-state index in [0.29, 0.717) is 12.2 Å². The molecule has 1 fully saturated rings. The van der Waals surface area contributed by atoms with E-state index in [0.717, 1.165) is 36.8 Å². The largest absolute Gasteiger partial charge is 0.337 e. The topological polar surface area (TPSA) is 51.0 Å². The van der Waals surface area contributed by atoms with Gasteiger partial charge in [0, 0.05) is 43.3 Å².